The lowest BCUT2D eigenvalue weighted by atomic mass is 9.89. The molecule has 2 fully saturated rings. The minimum atomic E-state index is -3.49. The van der Waals surface area contributed by atoms with Crippen molar-refractivity contribution in [2.24, 2.45) is 5.92 Å². The van der Waals surface area contributed by atoms with Crippen LogP contribution in [0.4, 0.5) is 0 Å². The van der Waals surface area contributed by atoms with Crippen molar-refractivity contribution in [2.45, 2.75) is 36.5 Å². The second-order valence-corrected chi connectivity index (χ2v) is 9.66. The fourth-order valence-corrected chi connectivity index (χ4v) is 5.40. The minimum Gasteiger partial charge on any atom is -0.373 e. The van der Waals surface area contributed by atoms with Crippen molar-refractivity contribution in [1.29, 1.82) is 0 Å². The van der Waals surface area contributed by atoms with Crippen LogP contribution >= 0.6 is 0 Å². The van der Waals surface area contributed by atoms with Crippen molar-refractivity contribution >= 4 is 15.7 Å². The van der Waals surface area contributed by atoms with Crippen LogP contribution in [0.2, 0.25) is 0 Å². The number of carbonyl (C=O) groups excluding carboxylic acids is 1. The van der Waals surface area contributed by atoms with E-state index in [1.54, 1.807) is 0 Å². The van der Waals surface area contributed by atoms with Gasteiger partial charge in [0.1, 0.15) is 0 Å². The maximum absolute atomic E-state index is 12.9. The zero-order chi connectivity index (χ0) is 18.6. The third kappa shape index (κ3) is 3.94. The molecule has 2 N–H and O–H groups in total. The lowest BCUT2D eigenvalue weighted by molar-refractivity contribution is -0.125. The molecule has 6 nitrogen and oxygen atoms in total. The first-order chi connectivity index (χ1) is 12.4. The number of benzene rings is 1. The molecule has 2 aliphatic rings. The van der Waals surface area contributed by atoms with Gasteiger partial charge in [0.15, 0.2) is 14.6 Å². The summed E-state index contributed by atoms with van der Waals surface area (Å²) in [6, 6.07) is 10.0. The van der Waals surface area contributed by atoms with Gasteiger partial charge >= 0.3 is 0 Å². The molecule has 0 spiro atoms. The van der Waals surface area contributed by atoms with Crippen LogP contribution in [0.1, 0.15) is 37.4 Å². The number of amides is 1. The molecule has 1 aromatic rings. The molecule has 0 aliphatic carbocycles. The summed E-state index contributed by atoms with van der Waals surface area (Å²) in [6.45, 7) is 2.23. The monoisotopic (exact) mass is 380 g/mol. The van der Waals surface area contributed by atoms with Crippen LogP contribution in [0, 0.1) is 5.92 Å². The second kappa shape index (κ2) is 8.06. The smallest absolute Gasteiger partial charge is 0.241 e. The number of nitrogens with one attached hydrogen (secondary N) is 2. The van der Waals surface area contributed by atoms with Crippen molar-refractivity contribution < 1.29 is 17.9 Å². The van der Waals surface area contributed by atoms with Gasteiger partial charge in [0.2, 0.25) is 5.91 Å². The maximum atomic E-state index is 12.9. The van der Waals surface area contributed by atoms with Crippen molar-refractivity contribution in [1.82, 2.24) is 10.6 Å². The molecule has 1 aromatic carbocycles. The van der Waals surface area contributed by atoms with E-state index < -0.39 is 14.6 Å². The number of rotatable bonds is 5. The first kappa shape index (κ1) is 19.3. The van der Waals surface area contributed by atoms with Crippen LogP contribution < -0.4 is 10.6 Å². The Hall–Kier alpha value is -1.44. The van der Waals surface area contributed by atoms with Crippen LogP contribution in [-0.4, -0.2) is 51.6 Å². The molecule has 2 unspecified atom stereocenters. The van der Waals surface area contributed by atoms with Crippen LogP contribution in [-0.2, 0) is 19.4 Å². The molecule has 3 rings (SSSR count). The summed E-state index contributed by atoms with van der Waals surface area (Å²) in [5.41, 5.74) is 1.10. The third-order valence-electron chi connectivity index (χ3n) is 5.63. The van der Waals surface area contributed by atoms with Gasteiger partial charge in [0.25, 0.3) is 0 Å². The van der Waals surface area contributed by atoms with Crippen LogP contribution in [0.5, 0.6) is 0 Å². The average molecular weight is 381 g/mol. The molecule has 144 valence electrons. The van der Waals surface area contributed by atoms with Crippen LogP contribution in [0.25, 0.3) is 0 Å². The number of sulfone groups is 1. The molecule has 2 saturated heterocycles. The Morgan fingerprint density at radius 3 is 2.62 bits per heavy atom. The Kier molecular flexibility index (Phi) is 5.99. The third-order valence-corrected chi connectivity index (χ3v) is 7.65. The van der Waals surface area contributed by atoms with Crippen LogP contribution in [0.3, 0.4) is 0 Å². The van der Waals surface area contributed by atoms with E-state index in [9.17, 15) is 13.2 Å². The molecular weight excluding hydrogens is 352 g/mol. The van der Waals surface area contributed by atoms with Gasteiger partial charge in [-0.15, -0.1) is 0 Å². The highest BCUT2D eigenvalue weighted by Gasteiger charge is 2.48. The van der Waals surface area contributed by atoms with E-state index in [0.29, 0.717) is 39.1 Å². The highest BCUT2D eigenvalue weighted by molar-refractivity contribution is 7.92. The summed E-state index contributed by atoms with van der Waals surface area (Å²) in [7, 11) is -3.49. The van der Waals surface area contributed by atoms with Crippen LogP contribution in [0.15, 0.2) is 30.3 Å². The Bertz CT molecular complexity index is 714. The van der Waals surface area contributed by atoms with Gasteiger partial charge in [-0.1, -0.05) is 30.3 Å². The van der Waals surface area contributed by atoms with E-state index >= 15 is 0 Å². The van der Waals surface area contributed by atoms with E-state index in [-0.39, 0.29) is 17.9 Å². The molecule has 0 radical (unpaired) electrons. The molecule has 0 aromatic heterocycles. The second-order valence-electron chi connectivity index (χ2n) is 7.33. The summed E-state index contributed by atoms with van der Waals surface area (Å²) >= 11 is 0. The SMILES string of the molecule is CS(=O)(=O)C1(C(=O)NCC2CCCOC2c2ccccc2)CCNCC1. The predicted molar refractivity (Wildman–Crippen MR) is 101 cm³/mol. The quantitative estimate of drug-likeness (QED) is 0.807. The van der Waals surface area contributed by atoms with Gasteiger partial charge in [-0.25, -0.2) is 8.42 Å². The Balaban J connectivity index is 1.71. The number of ether oxygens (including phenoxy) is 1. The summed E-state index contributed by atoms with van der Waals surface area (Å²) in [4.78, 5) is 12.9. The van der Waals surface area contributed by atoms with E-state index in [4.69, 9.17) is 4.74 Å². The van der Waals surface area contributed by atoms with E-state index in [2.05, 4.69) is 10.6 Å². The van der Waals surface area contributed by atoms with Gasteiger partial charge in [0.05, 0.1) is 6.10 Å². The zero-order valence-electron chi connectivity index (χ0n) is 15.2. The highest BCUT2D eigenvalue weighted by atomic mass is 32.2. The van der Waals surface area contributed by atoms with Gasteiger partial charge in [-0.05, 0) is 44.3 Å². The Morgan fingerprint density at radius 2 is 1.96 bits per heavy atom. The summed E-state index contributed by atoms with van der Waals surface area (Å²) in [5.74, 6) is -0.215. The summed E-state index contributed by atoms with van der Waals surface area (Å²) in [6.07, 6.45) is 3.65. The minimum absolute atomic E-state index is 0.0625. The fraction of sp³-hybridized carbons (Fsp3) is 0.632. The molecule has 26 heavy (non-hydrogen) atoms. The number of hydrogen-bond donors (Lipinski definition) is 2. The molecular formula is C19H28N2O4S. The molecule has 0 saturated carbocycles. The summed E-state index contributed by atoms with van der Waals surface area (Å²) in [5, 5.41) is 6.08. The molecule has 2 atom stereocenters. The van der Waals surface area contributed by atoms with Gasteiger partial charge < -0.3 is 15.4 Å². The van der Waals surface area contributed by atoms with E-state index in [1.165, 1.54) is 6.26 Å². The molecule has 1 amide bonds. The molecule has 0 bridgehead atoms. The normalized spacial score (nSPS) is 26.2. The Morgan fingerprint density at radius 1 is 1.27 bits per heavy atom. The largest absolute Gasteiger partial charge is 0.373 e. The maximum Gasteiger partial charge on any atom is 0.241 e. The number of piperidine rings is 1. The topological polar surface area (TPSA) is 84.5 Å². The standard InChI is InChI=1S/C19H28N2O4S/c1-26(23,24)19(9-11-20-12-10-19)18(22)21-14-16-8-5-13-25-17(16)15-6-3-2-4-7-15/h2-4,6-7,16-17,20H,5,8-14H2,1H3,(H,21,22). The Labute approximate surface area is 155 Å². The van der Waals surface area contributed by atoms with Gasteiger partial charge in [-0.2, -0.15) is 0 Å². The summed E-state index contributed by atoms with van der Waals surface area (Å²) < 4.78 is 29.4. The average Bonchev–Trinajstić information content (AvgIpc) is 2.66. The highest BCUT2D eigenvalue weighted by Crippen LogP contribution is 2.34. The van der Waals surface area contributed by atoms with E-state index in [1.807, 2.05) is 30.3 Å². The predicted octanol–water partition coefficient (Wildman–Crippen LogP) is 1.44. The number of carbonyl (C=O) groups is 1. The first-order valence-corrected chi connectivity index (χ1v) is 11.2. The molecule has 2 aliphatic heterocycles. The lowest BCUT2D eigenvalue weighted by Gasteiger charge is -2.36. The molecule has 7 heteroatoms. The zero-order valence-corrected chi connectivity index (χ0v) is 16.1. The van der Waals surface area contributed by atoms with E-state index in [0.717, 1.165) is 18.4 Å². The molecule has 2 heterocycles. The van der Waals surface area contributed by atoms with Crippen molar-refractivity contribution in [3.8, 4) is 0 Å². The first-order valence-electron chi connectivity index (χ1n) is 9.29. The fourth-order valence-electron chi connectivity index (χ4n) is 4.05. The van der Waals surface area contributed by atoms with Crippen molar-refractivity contribution in [3.63, 3.8) is 0 Å². The van der Waals surface area contributed by atoms with Gasteiger partial charge in [-0.3, -0.25) is 4.79 Å². The number of hydrogen-bond acceptors (Lipinski definition) is 5. The van der Waals surface area contributed by atoms with Gasteiger partial charge in [0, 0.05) is 25.3 Å². The van der Waals surface area contributed by atoms with Crippen molar-refractivity contribution in [3.05, 3.63) is 35.9 Å². The van der Waals surface area contributed by atoms with Crippen molar-refractivity contribution in [2.75, 3.05) is 32.5 Å². The lowest BCUT2D eigenvalue weighted by Crippen LogP contribution is -2.58.